The van der Waals surface area contributed by atoms with Crippen molar-refractivity contribution in [3.05, 3.63) is 36.0 Å². The highest BCUT2D eigenvalue weighted by Crippen LogP contribution is 2.19. The monoisotopic (exact) mass is 518 g/mol. The number of amides is 4. The Morgan fingerprint density at radius 2 is 1.46 bits per heavy atom. The number of primary amides is 1. The van der Waals surface area contributed by atoms with Gasteiger partial charge < -0.3 is 42.6 Å². The van der Waals surface area contributed by atoms with Gasteiger partial charge in [0.1, 0.15) is 18.1 Å². The van der Waals surface area contributed by atoms with Gasteiger partial charge in [-0.2, -0.15) is 0 Å². The predicted molar refractivity (Wildman–Crippen MR) is 130 cm³/mol. The molecular weight excluding hydrogens is 488 g/mol. The van der Waals surface area contributed by atoms with Crippen LogP contribution >= 0.6 is 0 Å². The molecular formula is C23H30N6O8. The average molecular weight is 519 g/mol. The van der Waals surface area contributed by atoms with Crippen LogP contribution in [0.5, 0.6) is 0 Å². The fourth-order valence-corrected chi connectivity index (χ4v) is 3.61. The number of carboxylic acid groups (broad SMARTS) is 2. The van der Waals surface area contributed by atoms with Crippen LogP contribution in [-0.2, 0) is 35.2 Å². The van der Waals surface area contributed by atoms with Crippen LogP contribution < -0.4 is 27.4 Å². The molecule has 14 nitrogen and oxygen atoms in total. The second-order valence-electron chi connectivity index (χ2n) is 8.29. The van der Waals surface area contributed by atoms with Gasteiger partial charge in [-0.25, -0.2) is 4.79 Å². The lowest BCUT2D eigenvalue weighted by atomic mass is 10.0. The molecule has 0 radical (unpaired) electrons. The Labute approximate surface area is 211 Å². The fraction of sp³-hybridized carbons (Fsp3) is 0.391. The summed E-state index contributed by atoms with van der Waals surface area (Å²) in [5, 5.41) is 26.5. The average Bonchev–Trinajstić information content (AvgIpc) is 3.25. The van der Waals surface area contributed by atoms with Crippen molar-refractivity contribution in [3.8, 4) is 0 Å². The fourth-order valence-electron chi connectivity index (χ4n) is 3.61. The van der Waals surface area contributed by atoms with E-state index in [4.69, 9.17) is 16.6 Å². The number of hydrogen-bond donors (Lipinski definition) is 8. The summed E-state index contributed by atoms with van der Waals surface area (Å²) in [6.45, 7) is -0.447. The van der Waals surface area contributed by atoms with Crippen molar-refractivity contribution in [1.82, 2.24) is 20.9 Å². The molecule has 1 aromatic carbocycles. The van der Waals surface area contributed by atoms with Gasteiger partial charge in [0, 0.05) is 36.4 Å². The molecule has 0 saturated carbocycles. The Kier molecular flexibility index (Phi) is 10.6. The third-order valence-corrected chi connectivity index (χ3v) is 5.51. The smallest absolute Gasteiger partial charge is 0.326 e. The molecule has 3 unspecified atom stereocenters. The number of nitrogens with one attached hydrogen (secondary N) is 4. The lowest BCUT2D eigenvalue weighted by Crippen LogP contribution is -2.56. The third-order valence-electron chi connectivity index (χ3n) is 5.51. The zero-order chi connectivity index (χ0) is 27.5. The van der Waals surface area contributed by atoms with E-state index in [2.05, 4.69) is 20.9 Å². The van der Waals surface area contributed by atoms with Gasteiger partial charge in [-0.1, -0.05) is 18.2 Å². The highest BCUT2D eigenvalue weighted by molar-refractivity contribution is 5.94. The normalized spacial score (nSPS) is 13.2. The molecule has 0 aliphatic heterocycles. The van der Waals surface area contributed by atoms with Crippen LogP contribution in [0, 0.1) is 0 Å². The molecule has 2 rings (SSSR count). The maximum atomic E-state index is 13.0. The minimum absolute atomic E-state index is 0.0848. The molecule has 10 N–H and O–H groups in total. The van der Waals surface area contributed by atoms with Crippen LogP contribution in [0.2, 0.25) is 0 Å². The van der Waals surface area contributed by atoms with E-state index in [-0.39, 0.29) is 25.7 Å². The van der Waals surface area contributed by atoms with Crippen LogP contribution in [0.4, 0.5) is 0 Å². The second-order valence-corrected chi connectivity index (χ2v) is 8.29. The Morgan fingerprint density at radius 1 is 0.865 bits per heavy atom. The van der Waals surface area contributed by atoms with Crippen molar-refractivity contribution in [2.45, 2.75) is 50.2 Å². The largest absolute Gasteiger partial charge is 0.481 e. The second kappa shape index (κ2) is 13.6. The van der Waals surface area contributed by atoms with E-state index >= 15 is 0 Å². The molecule has 1 aromatic heterocycles. The number of aromatic amines is 1. The molecule has 14 heteroatoms. The van der Waals surface area contributed by atoms with Crippen molar-refractivity contribution in [3.63, 3.8) is 0 Å². The topological polar surface area (TPSA) is 247 Å². The van der Waals surface area contributed by atoms with E-state index in [1.165, 1.54) is 0 Å². The molecule has 37 heavy (non-hydrogen) atoms. The molecule has 0 aliphatic carbocycles. The number of benzene rings is 1. The van der Waals surface area contributed by atoms with E-state index in [1.807, 2.05) is 12.1 Å². The number of nitrogens with two attached hydrogens (primary N) is 2. The van der Waals surface area contributed by atoms with Crippen molar-refractivity contribution in [1.29, 1.82) is 0 Å². The van der Waals surface area contributed by atoms with Crippen molar-refractivity contribution >= 4 is 46.5 Å². The highest BCUT2D eigenvalue weighted by atomic mass is 16.4. The number of rotatable bonds is 15. The van der Waals surface area contributed by atoms with Crippen molar-refractivity contribution in [2.24, 2.45) is 11.5 Å². The number of aliphatic carboxylic acids is 2. The van der Waals surface area contributed by atoms with Crippen LogP contribution in [0.25, 0.3) is 10.9 Å². The van der Waals surface area contributed by atoms with Gasteiger partial charge in [-0.05, 0) is 24.5 Å². The number of aromatic nitrogens is 1. The van der Waals surface area contributed by atoms with Gasteiger partial charge in [0.15, 0.2) is 0 Å². The molecule has 0 aliphatic rings. The SMILES string of the molecule is NCC(=O)NC(CCC(N)=O)C(=O)NC(CCC(=O)O)C(=O)NC(Cc1c[nH]c2ccccc12)C(=O)O. The maximum absolute atomic E-state index is 13.0. The first kappa shape index (κ1) is 28.8. The summed E-state index contributed by atoms with van der Waals surface area (Å²) >= 11 is 0. The molecule has 200 valence electrons. The number of carbonyl (C=O) groups excluding carboxylic acids is 4. The van der Waals surface area contributed by atoms with Gasteiger partial charge in [0.25, 0.3) is 0 Å². The number of H-pyrrole nitrogens is 1. The van der Waals surface area contributed by atoms with Crippen molar-refractivity contribution < 1.29 is 39.0 Å². The minimum Gasteiger partial charge on any atom is -0.481 e. The minimum atomic E-state index is -1.45. The van der Waals surface area contributed by atoms with Gasteiger partial charge in [0.2, 0.25) is 23.6 Å². The number of para-hydroxylation sites is 1. The molecule has 3 atom stereocenters. The predicted octanol–water partition coefficient (Wildman–Crippen LogP) is -1.66. The lowest BCUT2D eigenvalue weighted by molar-refractivity contribution is -0.143. The molecule has 1 heterocycles. The van der Waals surface area contributed by atoms with Crippen LogP contribution in [0.3, 0.4) is 0 Å². The zero-order valence-corrected chi connectivity index (χ0v) is 19.9. The highest BCUT2D eigenvalue weighted by Gasteiger charge is 2.30. The van der Waals surface area contributed by atoms with Crippen LogP contribution in [0.1, 0.15) is 31.2 Å². The summed E-state index contributed by atoms with van der Waals surface area (Å²) in [6, 6.07) is 3.07. The Balaban J connectivity index is 2.19. The summed E-state index contributed by atoms with van der Waals surface area (Å²) in [6.07, 6.45) is 0.205. The van der Waals surface area contributed by atoms with E-state index in [1.54, 1.807) is 18.3 Å². The van der Waals surface area contributed by atoms with Crippen LogP contribution in [-0.4, -0.2) is 75.4 Å². The zero-order valence-electron chi connectivity index (χ0n) is 19.9. The van der Waals surface area contributed by atoms with E-state index in [0.717, 1.165) is 10.9 Å². The molecule has 0 saturated heterocycles. The van der Waals surface area contributed by atoms with Gasteiger partial charge in [0.05, 0.1) is 6.54 Å². The third kappa shape index (κ3) is 8.92. The first-order valence-electron chi connectivity index (χ1n) is 11.4. The molecule has 0 spiro atoms. The molecule has 0 fully saturated rings. The standard InChI is InChI=1S/C23H30N6O8/c24-10-19(31)27-15(5-7-18(25)30)21(34)28-16(6-8-20(32)33)22(35)29-17(23(36)37)9-12-11-26-14-4-2-1-3-13(12)14/h1-4,11,15-17,26H,5-10,24H2,(H2,25,30)(H,27,31)(H,28,34)(H,29,35)(H,32,33)(H,36,37). The number of carbonyl (C=O) groups is 6. The summed E-state index contributed by atoms with van der Waals surface area (Å²) in [5.41, 5.74) is 11.8. The first-order valence-corrected chi connectivity index (χ1v) is 11.4. The van der Waals surface area contributed by atoms with E-state index in [0.29, 0.717) is 5.56 Å². The van der Waals surface area contributed by atoms with E-state index in [9.17, 15) is 33.9 Å². The van der Waals surface area contributed by atoms with Gasteiger partial charge >= 0.3 is 11.9 Å². The Bertz CT molecular complexity index is 1160. The quantitative estimate of drug-likeness (QED) is 0.134. The Hall–Kier alpha value is -4.46. The summed E-state index contributed by atoms with van der Waals surface area (Å²) in [5.74, 6) is -5.85. The molecule has 2 aromatic rings. The molecule has 4 amide bonds. The van der Waals surface area contributed by atoms with Gasteiger partial charge in [-0.3, -0.25) is 24.0 Å². The summed E-state index contributed by atoms with van der Waals surface area (Å²) in [4.78, 5) is 74.7. The summed E-state index contributed by atoms with van der Waals surface area (Å²) in [7, 11) is 0. The Morgan fingerprint density at radius 3 is 2.05 bits per heavy atom. The number of hydrogen-bond acceptors (Lipinski definition) is 7. The molecule has 0 bridgehead atoms. The summed E-state index contributed by atoms with van der Waals surface area (Å²) < 4.78 is 0. The van der Waals surface area contributed by atoms with Crippen LogP contribution in [0.15, 0.2) is 30.5 Å². The first-order chi connectivity index (χ1) is 17.5. The number of carboxylic acids is 2. The van der Waals surface area contributed by atoms with Crippen molar-refractivity contribution in [2.75, 3.05) is 6.54 Å². The van der Waals surface area contributed by atoms with Gasteiger partial charge in [-0.15, -0.1) is 0 Å². The maximum Gasteiger partial charge on any atom is 0.326 e. The van der Waals surface area contributed by atoms with E-state index < -0.39 is 66.7 Å². The lowest BCUT2D eigenvalue weighted by Gasteiger charge is -2.24. The number of fused-ring (bicyclic) bond motifs is 1.